The van der Waals surface area contributed by atoms with Crippen molar-refractivity contribution in [3.05, 3.63) is 46.5 Å². The second-order valence-electron chi connectivity index (χ2n) is 14.7. The van der Waals surface area contributed by atoms with Gasteiger partial charge in [-0.25, -0.2) is 0 Å². The Bertz CT molecular complexity index is 1260. The Kier molecular flexibility index (Phi) is 13.3. The van der Waals surface area contributed by atoms with Crippen LogP contribution in [0.15, 0.2) is 35.9 Å². The molecule has 2 aliphatic heterocycles. The topological polar surface area (TPSA) is 102 Å². The Balaban J connectivity index is 1.74. The van der Waals surface area contributed by atoms with Gasteiger partial charge in [0, 0.05) is 36.8 Å². The van der Waals surface area contributed by atoms with Crippen molar-refractivity contribution in [3.8, 4) is 0 Å². The van der Waals surface area contributed by atoms with Crippen LogP contribution in [0.4, 0.5) is 0 Å². The van der Waals surface area contributed by atoms with E-state index in [0.29, 0.717) is 30.1 Å². The number of carbonyl (C=O) groups is 4. The largest absolute Gasteiger partial charge is 0.350 e. The molecule has 46 heavy (non-hydrogen) atoms. The SMILES string of the molecule is C/C(=C\[C@H](C(C)C)N(C)C(=O)[C@@H](NC(=O)[C@H]1CCCCN1C(C)C)C(C)(C)C)C(=O)N1CCC[C@H]1C(=O)NCc1ccc(Cl)cc1. The predicted molar refractivity (Wildman–Crippen MR) is 184 cm³/mol. The fourth-order valence-electron chi connectivity index (χ4n) is 6.59. The molecular weight excluding hydrogens is 602 g/mol. The van der Waals surface area contributed by atoms with Gasteiger partial charge in [-0.05, 0) is 82.0 Å². The van der Waals surface area contributed by atoms with Crippen molar-refractivity contribution in [1.82, 2.24) is 25.3 Å². The van der Waals surface area contributed by atoms with Crippen LogP contribution in [0, 0.1) is 11.3 Å². The zero-order chi connectivity index (χ0) is 34.3. The molecule has 9 nitrogen and oxygen atoms in total. The lowest BCUT2D eigenvalue weighted by Crippen LogP contribution is -2.60. The van der Waals surface area contributed by atoms with Crippen molar-refractivity contribution in [2.75, 3.05) is 20.1 Å². The van der Waals surface area contributed by atoms with Gasteiger partial charge in [-0.15, -0.1) is 0 Å². The van der Waals surface area contributed by atoms with E-state index in [-0.39, 0.29) is 47.7 Å². The maximum Gasteiger partial charge on any atom is 0.249 e. The number of carbonyl (C=O) groups excluding carboxylic acids is 4. The highest BCUT2D eigenvalue weighted by molar-refractivity contribution is 6.30. The zero-order valence-electron chi connectivity index (χ0n) is 29.4. The van der Waals surface area contributed by atoms with E-state index in [0.717, 1.165) is 37.8 Å². The third kappa shape index (κ3) is 9.57. The average Bonchev–Trinajstić information content (AvgIpc) is 3.50. The van der Waals surface area contributed by atoms with Crippen molar-refractivity contribution in [2.24, 2.45) is 11.3 Å². The number of likely N-dealkylation sites (tertiary alicyclic amines) is 2. The van der Waals surface area contributed by atoms with Gasteiger partial charge < -0.3 is 20.4 Å². The number of nitrogens with one attached hydrogen (secondary N) is 2. The lowest BCUT2D eigenvalue weighted by atomic mass is 9.84. The normalized spacial score (nSPS) is 20.9. The molecule has 1 aromatic rings. The monoisotopic (exact) mass is 657 g/mol. The molecule has 4 amide bonds. The van der Waals surface area contributed by atoms with Crippen LogP contribution >= 0.6 is 11.6 Å². The maximum absolute atomic E-state index is 14.1. The molecule has 0 aromatic heterocycles. The number of amides is 4. The lowest BCUT2D eigenvalue weighted by Gasteiger charge is -2.41. The number of hydrogen-bond acceptors (Lipinski definition) is 5. The Morgan fingerprint density at radius 1 is 0.957 bits per heavy atom. The van der Waals surface area contributed by atoms with Crippen LogP contribution in [0.3, 0.4) is 0 Å². The molecule has 2 saturated heterocycles. The number of hydrogen-bond donors (Lipinski definition) is 2. The quantitative estimate of drug-likeness (QED) is 0.320. The Hall–Kier alpha value is -2.91. The predicted octanol–water partition coefficient (Wildman–Crippen LogP) is 5.17. The van der Waals surface area contributed by atoms with Gasteiger partial charge in [0.1, 0.15) is 12.1 Å². The summed E-state index contributed by atoms with van der Waals surface area (Å²) in [5.74, 6) is -0.683. The standard InChI is InChI=1S/C36H56ClN5O4/c1-23(2)30(40(9)35(46)31(36(6,7)8)39-33(44)29-13-10-11-19-41(29)24(3)4)21-25(5)34(45)42-20-12-14-28(42)32(43)38-22-26-15-17-27(37)18-16-26/h15-18,21,23-24,28-31H,10-14,19-20,22H2,1-9H3,(H,38,43)(H,39,44)/b25-21+/t28-,29+,30+,31+/m0/s1. The summed E-state index contributed by atoms with van der Waals surface area (Å²) in [6.45, 7) is 17.6. The maximum atomic E-state index is 14.1. The lowest BCUT2D eigenvalue weighted by molar-refractivity contribution is -0.142. The first-order valence-corrected chi connectivity index (χ1v) is 17.2. The first-order chi connectivity index (χ1) is 21.5. The van der Waals surface area contributed by atoms with E-state index in [1.54, 1.807) is 35.9 Å². The highest BCUT2D eigenvalue weighted by Gasteiger charge is 2.40. The van der Waals surface area contributed by atoms with Crippen LogP contribution < -0.4 is 10.6 Å². The molecule has 0 bridgehead atoms. The number of piperidine rings is 1. The van der Waals surface area contributed by atoms with E-state index < -0.39 is 17.5 Å². The van der Waals surface area contributed by atoms with Crippen LogP contribution in [0.5, 0.6) is 0 Å². The summed E-state index contributed by atoms with van der Waals surface area (Å²) in [7, 11) is 1.75. The third-order valence-electron chi connectivity index (χ3n) is 9.34. The summed E-state index contributed by atoms with van der Waals surface area (Å²) in [5, 5.41) is 6.73. The molecule has 3 rings (SSSR count). The fraction of sp³-hybridized carbons (Fsp3) is 0.667. The smallest absolute Gasteiger partial charge is 0.249 e. The van der Waals surface area contributed by atoms with Crippen molar-refractivity contribution in [1.29, 1.82) is 0 Å². The first kappa shape index (κ1) is 37.5. The van der Waals surface area contributed by atoms with E-state index in [2.05, 4.69) is 29.4 Å². The molecule has 0 saturated carbocycles. The van der Waals surface area contributed by atoms with Crippen LogP contribution in [-0.2, 0) is 25.7 Å². The van der Waals surface area contributed by atoms with Gasteiger partial charge in [-0.3, -0.25) is 24.1 Å². The molecule has 2 heterocycles. The minimum atomic E-state index is -0.737. The highest BCUT2D eigenvalue weighted by atomic mass is 35.5. The average molecular weight is 658 g/mol. The van der Waals surface area contributed by atoms with Crippen LogP contribution in [0.2, 0.25) is 5.02 Å². The Labute approximate surface area is 281 Å². The summed E-state index contributed by atoms with van der Waals surface area (Å²) in [6, 6.07) is 5.60. The number of likely N-dealkylation sites (N-methyl/N-ethyl adjacent to an activating group) is 1. The molecule has 2 N–H and O–H groups in total. The molecule has 0 radical (unpaired) electrons. The Morgan fingerprint density at radius 2 is 1.59 bits per heavy atom. The van der Waals surface area contributed by atoms with Gasteiger partial charge in [0.05, 0.1) is 12.1 Å². The molecule has 0 unspecified atom stereocenters. The molecule has 2 fully saturated rings. The summed E-state index contributed by atoms with van der Waals surface area (Å²) < 4.78 is 0. The highest BCUT2D eigenvalue weighted by Crippen LogP contribution is 2.27. The minimum absolute atomic E-state index is 0.000142. The van der Waals surface area contributed by atoms with Gasteiger partial charge in [0.15, 0.2) is 0 Å². The molecule has 4 atom stereocenters. The summed E-state index contributed by atoms with van der Waals surface area (Å²) in [4.78, 5) is 60.2. The summed E-state index contributed by atoms with van der Waals surface area (Å²) >= 11 is 5.98. The van der Waals surface area contributed by atoms with Crippen molar-refractivity contribution in [2.45, 2.75) is 124 Å². The molecule has 2 aliphatic rings. The number of halogens is 1. The Morgan fingerprint density at radius 3 is 2.17 bits per heavy atom. The van der Waals surface area contributed by atoms with Gasteiger partial charge in [0.2, 0.25) is 23.6 Å². The molecule has 0 spiro atoms. The van der Waals surface area contributed by atoms with E-state index in [1.165, 1.54) is 0 Å². The van der Waals surface area contributed by atoms with E-state index in [4.69, 9.17) is 11.6 Å². The van der Waals surface area contributed by atoms with Gasteiger partial charge in [-0.1, -0.05) is 70.8 Å². The van der Waals surface area contributed by atoms with E-state index >= 15 is 0 Å². The van der Waals surface area contributed by atoms with Gasteiger partial charge in [-0.2, -0.15) is 0 Å². The van der Waals surface area contributed by atoms with E-state index in [9.17, 15) is 19.2 Å². The van der Waals surface area contributed by atoms with Gasteiger partial charge >= 0.3 is 0 Å². The van der Waals surface area contributed by atoms with Crippen molar-refractivity contribution >= 4 is 35.2 Å². The van der Waals surface area contributed by atoms with Gasteiger partial charge in [0.25, 0.3) is 0 Å². The van der Waals surface area contributed by atoms with Crippen molar-refractivity contribution in [3.63, 3.8) is 0 Å². The fourth-order valence-corrected chi connectivity index (χ4v) is 6.71. The van der Waals surface area contributed by atoms with Crippen LogP contribution in [-0.4, -0.2) is 88.7 Å². The second-order valence-corrected chi connectivity index (χ2v) is 15.1. The van der Waals surface area contributed by atoms with E-state index in [1.807, 2.05) is 52.8 Å². The number of benzene rings is 1. The second kappa shape index (κ2) is 16.3. The molecule has 256 valence electrons. The molecular formula is C36H56ClN5O4. The summed E-state index contributed by atoms with van der Waals surface area (Å²) in [6.07, 6.45) is 6.02. The minimum Gasteiger partial charge on any atom is -0.350 e. The number of nitrogens with zero attached hydrogens (tertiary/aromatic N) is 3. The zero-order valence-corrected chi connectivity index (χ0v) is 30.1. The third-order valence-corrected chi connectivity index (χ3v) is 9.59. The molecule has 1 aromatic carbocycles. The summed E-state index contributed by atoms with van der Waals surface area (Å²) in [5.41, 5.74) is 0.885. The van der Waals surface area contributed by atoms with Crippen LogP contribution in [0.25, 0.3) is 0 Å². The molecule has 0 aliphatic carbocycles. The first-order valence-electron chi connectivity index (χ1n) is 16.9. The van der Waals surface area contributed by atoms with Crippen LogP contribution in [0.1, 0.15) is 93.1 Å². The number of rotatable bonds is 11. The molecule has 10 heteroatoms. The van der Waals surface area contributed by atoms with Crippen molar-refractivity contribution < 1.29 is 19.2 Å².